The second-order valence-electron chi connectivity index (χ2n) is 5.66. The van der Waals surface area contributed by atoms with E-state index in [0.717, 1.165) is 12.8 Å². The number of rotatable bonds is 4. The van der Waals surface area contributed by atoms with E-state index in [9.17, 15) is 18.5 Å². The van der Waals surface area contributed by atoms with Gasteiger partial charge in [0.15, 0.2) is 0 Å². The Balaban J connectivity index is 2.43. The number of nitrogens with zero attached hydrogens (tertiary/aromatic N) is 2. The first-order chi connectivity index (χ1) is 10.3. The van der Waals surface area contributed by atoms with Crippen molar-refractivity contribution >= 4 is 15.7 Å². The molecule has 0 radical (unpaired) electrons. The molecule has 1 N–H and O–H groups in total. The Hall–Kier alpha value is -1.51. The average molecular weight is 327 g/mol. The highest BCUT2D eigenvalue weighted by Gasteiger charge is 2.32. The molecule has 1 fully saturated rings. The zero-order chi connectivity index (χ0) is 16.5. The van der Waals surface area contributed by atoms with Gasteiger partial charge in [-0.15, -0.1) is 0 Å². The Morgan fingerprint density at radius 1 is 1.32 bits per heavy atom. The summed E-state index contributed by atoms with van der Waals surface area (Å²) in [5, 5.41) is 14.0. The van der Waals surface area contributed by atoms with Gasteiger partial charge < -0.3 is 5.32 Å². The number of benzene rings is 1. The number of piperidine rings is 1. The maximum absolute atomic E-state index is 12.9. The molecule has 0 spiro atoms. The molecule has 0 bridgehead atoms. The second kappa shape index (κ2) is 6.31. The van der Waals surface area contributed by atoms with Crippen LogP contribution in [-0.2, 0) is 10.0 Å². The largest absolute Gasteiger partial charge is 0.316 e. The molecular weight excluding hydrogens is 306 g/mol. The van der Waals surface area contributed by atoms with Crippen LogP contribution in [0.2, 0.25) is 0 Å². The quantitative estimate of drug-likeness (QED) is 0.669. The molecule has 0 aromatic heterocycles. The lowest BCUT2D eigenvalue weighted by molar-refractivity contribution is -0.385. The third kappa shape index (κ3) is 3.13. The number of likely N-dealkylation sites (N-methyl/N-ethyl adjacent to an activating group) is 1. The fourth-order valence-corrected chi connectivity index (χ4v) is 4.90. The number of non-ortho nitro benzene ring substituents is 1. The summed E-state index contributed by atoms with van der Waals surface area (Å²) < 4.78 is 27.3. The van der Waals surface area contributed by atoms with Crippen LogP contribution in [-0.4, -0.2) is 43.8 Å². The molecule has 0 aliphatic carbocycles. The lowest BCUT2D eigenvalue weighted by Gasteiger charge is -2.32. The smallest absolute Gasteiger partial charge is 0.270 e. The number of aryl methyl sites for hydroxylation is 2. The van der Waals surface area contributed by atoms with Crippen molar-refractivity contribution in [2.75, 3.05) is 20.1 Å². The summed E-state index contributed by atoms with van der Waals surface area (Å²) in [6, 6.07) is 2.78. The molecule has 1 unspecified atom stereocenters. The van der Waals surface area contributed by atoms with Gasteiger partial charge in [0.2, 0.25) is 10.0 Å². The summed E-state index contributed by atoms with van der Waals surface area (Å²) in [6.07, 6.45) is 1.75. The minimum Gasteiger partial charge on any atom is -0.316 e. The molecular formula is C14H21N3O4S. The minimum atomic E-state index is -3.64. The number of nitro benzene ring substituents is 1. The van der Waals surface area contributed by atoms with Gasteiger partial charge in [-0.25, -0.2) is 8.42 Å². The van der Waals surface area contributed by atoms with Gasteiger partial charge in [0, 0.05) is 31.3 Å². The van der Waals surface area contributed by atoms with Gasteiger partial charge in [-0.05, 0) is 44.9 Å². The lowest BCUT2D eigenvalue weighted by Crippen LogP contribution is -2.47. The van der Waals surface area contributed by atoms with Crippen molar-refractivity contribution in [3.63, 3.8) is 0 Å². The minimum absolute atomic E-state index is 0.0827. The van der Waals surface area contributed by atoms with E-state index in [0.29, 0.717) is 24.2 Å². The van der Waals surface area contributed by atoms with Gasteiger partial charge in [0.05, 0.1) is 9.82 Å². The summed E-state index contributed by atoms with van der Waals surface area (Å²) in [7, 11) is -1.82. The normalized spacial score (nSPS) is 20.0. The topological polar surface area (TPSA) is 92.6 Å². The molecule has 1 saturated heterocycles. The van der Waals surface area contributed by atoms with Crippen molar-refractivity contribution in [3.05, 3.63) is 33.4 Å². The monoisotopic (exact) mass is 327 g/mol. The molecule has 0 saturated carbocycles. The number of hydrogen-bond acceptors (Lipinski definition) is 5. The molecule has 0 amide bonds. The number of nitro groups is 1. The van der Waals surface area contributed by atoms with E-state index in [1.807, 2.05) is 7.05 Å². The Labute approximate surface area is 130 Å². The predicted molar refractivity (Wildman–Crippen MR) is 83.4 cm³/mol. The van der Waals surface area contributed by atoms with Crippen molar-refractivity contribution < 1.29 is 13.3 Å². The summed E-state index contributed by atoms with van der Waals surface area (Å²) in [5.74, 6) is 0. The zero-order valence-electron chi connectivity index (χ0n) is 13.0. The van der Waals surface area contributed by atoms with Gasteiger partial charge >= 0.3 is 0 Å². The lowest BCUT2D eigenvalue weighted by atomic mass is 10.1. The molecule has 1 aliphatic rings. The van der Waals surface area contributed by atoms with Gasteiger partial charge in [-0.1, -0.05) is 0 Å². The van der Waals surface area contributed by atoms with Crippen LogP contribution < -0.4 is 5.32 Å². The van der Waals surface area contributed by atoms with Crippen molar-refractivity contribution in [1.29, 1.82) is 0 Å². The number of hydrogen-bond donors (Lipinski definition) is 1. The van der Waals surface area contributed by atoms with E-state index in [1.54, 1.807) is 13.8 Å². The molecule has 122 valence electrons. The Bertz CT molecular complexity index is 664. The second-order valence-corrected chi connectivity index (χ2v) is 7.53. The molecule has 1 aromatic carbocycles. The zero-order valence-corrected chi connectivity index (χ0v) is 13.8. The third-order valence-corrected chi connectivity index (χ3v) is 6.22. The van der Waals surface area contributed by atoms with Crippen molar-refractivity contribution in [3.8, 4) is 0 Å². The van der Waals surface area contributed by atoms with Crippen molar-refractivity contribution in [2.24, 2.45) is 0 Å². The number of sulfonamides is 1. The fraction of sp³-hybridized carbons (Fsp3) is 0.571. The number of nitrogens with one attached hydrogen (secondary N) is 1. The molecule has 7 nitrogen and oxygen atoms in total. The van der Waals surface area contributed by atoms with Crippen LogP contribution in [0, 0.1) is 24.0 Å². The summed E-state index contributed by atoms with van der Waals surface area (Å²) in [4.78, 5) is 10.6. The Morgan fingerprint density at radius 2 is 1.91 bits per heavy atom. The Kier molecular flexibility index (Phi) is 4.84. The predicted octanol–water partition coefficient (Wildman–Crippen LogP) is 1.58. The molecule has 1 aromatic rings. The SMILES string of the molecule is CNC1CCCN(S(=O)(=O)c2c(C)cc([N+](=O)[O-])cc2C)C1. The average Bonchev–Trinajstić information content (AvgIpc) is 2.46. The molecule has 2 rings (SSSR count). The van der Waals surface area contributed by atoms with Crippen LogP contribution in [0.5, 0.6) is 0 Å². The first kappa shape index (κ1) is 16.9. The first-order valence-corrected chi connectivity index (χ1v) is 8.64. The summed E-state index contributed by atoms with van der Waals surface area (Å²) >= 11 is 0. The molecule has 1 aliphatic heterocycles. The molecule has 22 heavy (non-hydrogen) atoms. The summed E-state index contributed by atoms with van der Waals surface area (Å²) in [6.45, 7) is 4.11. The van der Waals surface area contributed by atoms with Crippen LogP contribution >= 0.6 is 0 Å². The van der Waals surface area contributed by atoms with Crippen LogP contribution in [0.4, 0.5) is 5.69 Å². The first-order valence-electron chi connectivity index (χ1n) is 7.20. The Morgan fingerprint density at radius 3 is 2.41 bits per heavy atom. The molecule has 1 atom stereocenters. The maximum Gasteiger partial charge on any atom is 0.270 e. The van der Waals surface area contributed by atoms with E-state index >= 15 is 0 Å². The standard InChI is InChI=1S/C14H21N3O4S/c1-10-7-13(17(18)19)8-11(2)14(10)22(20,21)16-6-4-5-12(9-16)15-3/h7-8,12,15H,4-6,9H2,1-3H3. The highest BCUT2D eigenvalue weighted by Crippen LogP contribution is 2.29. The van der Waals surface area contributed by atoms with Gasteiger partial charge in [-0.3, -0.25) is 10.1 Å². The van der Waals surface area contributed by atoms with E-state index < -0.39 is 14.9 Å². The fourth-order valence-electron chi connectivity index (χ4n) is 2.97. The van der Waals surface area contributed by atoms with Gasteiger partial charge in [-0.2, -0.15) is 4.31 Å². The molecule has 1 heterocycles. The summed E-state index contributed by atoms with van der Waals surface area (Å²) in [5.41, 5.74) is 0.747. The van der Waals surface area contributed by atoms with E-state index in [-0.39, 0.29) is 16.6 Å². The van der Waals surface area contributed by atoms with E-state index in [1.165, 1.54) is 16.4 Å². The van der Waals surface area contributed by atoms with Crippen LogP contribution in [0.15, 0.2) is 17.0 Å². The van der Waals surface area contributed by atoms with Gasteiger partial charge in [0.1, 0.15) is 0 Å². The van der Waals surface area contributed by atoms with E-state index in [2.05, 4.69) is 5.32 Å². The third-order valence-electron chi connectivity index (χ3n) is 4.05. The van der Waals surface area contributed by atoms with Crippen LogP contribution in [0.1, 0.15) is 24.0 Å². The highest BCUT2D eigenvalue weighted by molar-refractivity contribution is 7.89. The van der Waals surface area contributed by atoms with Crippen molar-refractivity contribution in [2.45, 2.75) is 37.6 Å². The van der Waals surface area contributed by atoms with Crippen molar-refractivity contribution in [1.82, 2.24) is 9.62 Å². The maximum atomic E-state index is 12.9. The molecule has 8 heteroatoms. The van der Waals surface area contributed by atoms with Crippen LogP contribution in [0.25, 0.3) is 0 Å². The van der Waals surface area contributed by atoms with E-state index in [4.69, 9.17) is 0 Å². The van der Waals surface area contributed by atoms with Crippen LogP contribution in [0.3, 0.4) is 0 Å². The van der Waals surface area contributed by atoms with Gasteiger partial charge in [0.25, 0.3) is 5.69 Å². The highest BCUT2D eigenvalue weighted by atomic mass is 32.2.